The van der Waals surface area contributed by atoms with Crippen molar-refractivity contribution in [1.29, 1.82) is 0 Å². The Morgan fingerprint density at radius 1 is 1.47 bits per heavy atom. The third-order valence-corrected chi connectivity index (χ3v) is 2.66. The fourth-order valence-corrected chi connectivity index (χ4v) is 1.71. The molecule has 17 heavy (non-hydrogen) atoms. The number of benzene rings is 1. The van der Waals surface area contributed by atoms with E-state index >= 15 is 0 Å². The number of hydrogen-bond acceptors (Lipinski definition) is 4. The van der Waals surface area contributed by atoms with Gasteiger partial charge in [0.1, 0.15) is 6.61 Å². The van der Waals surface area contributed by atoms with E-state index in [1.165, 1.54) is 6.92 Å². The Morgan fingerprint density at radius 3 is 2.94 bits per heavy atom. The van der Waals surface area contributed by atoms with Gasteiger partial charge in [-0.3, -0.25) is 9.78 Å². The van der Waals surface area contributed by atoms with E-state index in [0.717, 1.165) is 11.2 Å². The smallest absolute Gasteiger partial charge is 0.302 e. The van der Waals surface area contributed by atoms with Gasteiger partial charge in [-0.05, 0) is 19.1 Å². The standard InChI is InChI=1S/C12H11ClN2O2/c1-7-5-14-11-4-3-10(13)9(12(11)15-7)6-17-8(2)16/h3-5H,6H2,1-2H3. The molecule has 0 saturated carbocycles. The summed E-state index contributed by atoms with van der Waals surface area (Å²) in [5.74, 6) is -0.348. The van der Waals surface area contributed by atoms with Gasteiger partial charge >= 0.3 is 5.97 Å². The first-order valence-corrected chi connectivity index (χ1v) is 5.50. The van der Waals surface area contributed by atoms with Gasteiger partial charge in [-0.2, -0.15) is 0 Å². The van der Waals surface area contributed by atoms with E-state index in [1.807, 2.05) is 6.92 Å². The summed E-state index contributed by atoms with van der Waals surface area (Å²) in [5, 5.41) is 0.527. The van der Waals surface area contributed by atoms with E-state index in [1.54, 1.807) is 18.3 Å². The van der Waals surface area contributed by atoms with Crippen LogP contribution < -0.4 is 0 Å². The molecule has 0 atom stereocenters. The predicted octanol–water partition coefficient (Wildman–Crippen LogP) is 2.65. The topological polar surface area (TPSA) is 52.1 Å². The lowest BCUT2D eigenvalue weighted by molar-refractivity contribution is -0.142. The molecule has 0 fully saturated rings. The summed E-state index contributed by atoms with van der Waals surface area (Å²) >= 11 is 6.08. The lowest BCUT2D eigenvalue weighted by Crippen LogP contribution is -2.02. The Hall–Kier alpha value is -1.68. The van der Waals surface area contributed by atoms with Crippen molar-refractivity contribution in [2.24, 2.45) is 0 Å². The fourth-order valence-electron chi connectivity index (χ4n) is 1.51. The summed E-state index contributed by atoms with van der Waals surface area (Å²) in [6.07, 6.45) is 1.69. The summed E-state index contributed by atoms with van der Waals surface area (Å²) in [7, 11) is 0. The molecule has 2 aromatic rings. The Bertz CT molecular complexity index is 579. The summed E-state index contributed by atoms with van der Waals surface area (Å²) in [6.45, 7) is 3.32. The zero-order chi connectivity index (χ0) is 12.4. The van der Waals surface area contributed by atoms with Gasteiger partial charge in [0.25, 0.3) is 0 Å². The molecule has 88 valence electrons. The number of carbonyl (C=O) groups excluding carboxylic acids is 1. The van der Waals surface area contributed by atoms with Crippen LogP contribution in [-0.2, 0) is 16.1 Å². The first kappa shape index (κ1) is 11.8. The molecule has 0 aliphatic heterocycles. The molecule has 1 aromatic carbocycles. The first-order valence-electron chi connectivity index (χ1n) is 5.12. The number of aromatic nitrogens is 2. The van der Waals surface area contributed by atoms with E-state index in [2.05, 4.69) is 9.97 Å². The summed E-state index contributed by atoms with van der Waals surface area (Å²) < 4.78 is 4.97. The molecule has 0 radical (unpaired) electrons. The molecule has 0 spiro atoms. The second-order valence-corrected chi connectivity index (χ2v) is 4.09. The number of fused-ring (bicyclic) bond motifs is 1. The van der Waals surface area contributed by atoms with E-state index in [9.17, 15) is 4.79 Å². The second kappa shape index (κ2) is 4.67. The van der Waals surface area contributed by atoms with E-state index < -0.39 is 0 Å². The van der Waals surface area contributed by atoms with Crippen LogP contribution in [0, 0.1) is 6.92 Å². The van der Waals surface area contributed by atoms with Gasteiger partial charge in [-0.25, -0.2) is 4.98 Å². The molecule has 0 aliphatic rings. The highest BCUT2D eigenvalue weighted by Gasteiger charge is 2.10. The van der Waals surface area contributed by atoms with Crippen molar-refractivity contribution in [2.75, 3.05) is 0 Å². The molecular weight excluding hydrogens is 240 g/mol. The molecule has 5 heteroatoms. The molecule has 0 aliphatic carbocycles. The van der Waals surface area contributed by atoms with Crippen LogP contribution in [0.1, 0.15) is 18.2 Å². The van der Waals surface area contributed by atoms with Crippen LogP contribution in [0.4, 0.5) is 0 Å². The molecule has 0 amide bonds. The Labute approximate surface area is 104 Å². The monoisotopic (exact) mass is 250 g/mol. The van der Waals surface area contributed by atoms with Crippen molar-refractivity contribution in [3.05, 3.63) is 34.6 Å². The van der Waals surface area contributed by atoms with Gasteiger partial charge in [-0.1, -0.05) is 11.6 Å². The third-order valence-electron chi connectivity index (χ3n) is 2.30. The highest BCUT2D eigenvalue weighted by molar-refractivity contribution is 6.32. The van der Waals surface area contributed by atoms with Crippen LogP contribution in [0.5, 0.6) is 0 Å². The Kier molecular flexibility index (Phi) is 3.24. The van der Waals surface area contributed by atoms with E-state index in [4.69, 9.17) is 16.3 Å². The second-order valence-electron chi connectivity index (χ2n) is 3.69. The molecule has 0 N–H and O–H groups in total. The molecule has 4 nitrogen and oxygen atoms in total. The molecule has 0 saturated heterocycles. The minimum Gasteiger partial charge on any atom is -0.461 e. The van der Waals surface area contributed by atoms with Crippen LogP contribution in [0.15, 0.2) is 18.3 Å². The first-order chi connectivity index (χ1) is 8.08. The van der Waals surface area contributed by atoms with Gasteiger partial charge in [-0.15, -0.1) is 0 Å². The largest absolute Gasteiger partial charge is 0.461 e. The number of hydrogen-bond donors (Lipinski definition) is 0. The van der Waals surface area contributed by atoms with Crippen molar-refractivity contribution in [1.82, 2.24) is 9.97 Å². The summed E-state index contributed by atoms with van der Waals surface area (Å²) in [4.78, 5) is 19.5. The maximum atomic E-state index is 10.8. The number of aryl methyl sites for hydroxylation is 1. The highest BCUT2D eigenvalue weighted by Crippen LogP contribution is 2.24. The molecular formula is C12H11ClN2O2. The molecule has 1 heterocycles. The van der Waals surface area contributed by atoms with Crippen molar-refractivity contribution in [3.8, 4) is 0 Å². The lowest BCUT2D eigenvalue weighted by Gasteiger charge is -2.08. The average molecular weight is 251 g/mol. The van der Waals surface area contributed by atoms with Crippen LogP contribution in [0.2, 0.25) is 5.02 Å². The molecule has 1 aromatic heterocycles. The van der Waals surface area contributed by atoms with E-state index in [0.29, 0.717) is 16.1 Å². The Balaban J connectivity index is 2.53. The van der Waals surface area contributed by atoms with Crippen molar-refractivity contribution in [3.63, 3.8) is 0 Å². The maximum Gasteiger partial charge on any atom is 0.302 e. The SMILES string of the molecule is CC(=O)OCc1c(Cl)ccc2ncc(C)nc12. The summed E-state index contributed by atoms with van der Waals surface area (Å²) in [6, 6.07) is 3.52. The number of rotatable bonds is 2. The minimum atomic E-state index is -0.348. The quantitative estimate of drug-likeness (QED) is 0.769. The highest BCUT2D eigenvalue weighted by atomic mass is 35.5. The van der Waals surface area contributed by atoms with Crippen molar-refractivity contribution in [2.45, 2.75) is 20.5 Å². The normalized spacial score (nSPS) is 10.5. The van der Waals surface area contributed by atoms with E-state index in [-0.39, 0.29) is 12.6 Å². The van der Waals surface area contributed by atoms with Gasteiger partial charge in [0, 0.05) is 23.7 Å². The van der Waals surface area contributed by atoms with Crippen LogP contribution >= 0.6 is 11.6 Å². The minimum absolute atomic E-state index is 0.115. The van der Waals surface area contributed by atoms with Gasteiger partial charge < -0.3 is 4.74 Å². The van der Waals surface area contributed by atoms with Crippen LogP contribution in [-0.4, -0.2) is 15.9 Å². The molecule has 0 unspecified atom stereocenters. The molecule has 2 rings (SSSR count). The van der Waals surface area contributed by atoms with Gasteiger partial charge in [0.05, 0.1) is 16.7 Å². The number of ether oxygens (including phenoxy) is 1. The van der Waals surface area contributed by atoms with Crippen LogP contribution in [0.25, 0.3) is 11.0 Å². The fraction of sp³-hybridized carbons (Fsp3) is 0.250. The zero-order valence-corrected chi connectivity index (χ0v) is 10.3. The average Bonchev–Trinajstić information content (AvgIpc) is 2.27. The number of nitrogens with zero attached hydrogens (tertiary/aromatic N) is 2. The predicted molar refractivity (Wildman–Crippen MR) is 64.8 cm³/mol. The zero-order valence-electron chi connectivity index (χ0n) is 9.53. The van der Waals surface area contributed by atoms with Crippen molar-refractivity contribution >= 4 is 28.6 Å². The van der Waals surface area contributed by atoms with Crippen molar-refractivity contribution < 1.29 is 9.53 Å². The number of esters is 1. The van der Waals surface area contributed by atoms with Crippen LogP contribution in [0.3, 0.4) is 0 Å². The Morgan fingerprint density at radius 2 is 2.24 bits per heavy atom. The number of carbonyl (C=O) groups is 1. The summed E-state index contributed by atoms with van der Waals surface area (Å²) in [5.41, 5.74) is 2.90. The third kappa shape index (κ3) is 2.53. The molecule has 0 bridgehead atoms. The van der Waals surface area contributed by atoms with Gasteiger partial charge in [0.2, 0.25) is 0 Å². The van der Waals surface area contributed by atoms with Gasteiger partial charge in [0.15, 0.2) is 0 Å². The number of halogens is 1. The lowest BCUT2D eigenvalue weighted by atomic mass is 10.2. The maximum absolute atomic E-state index is 10.8.